The molecule has 1 N–H and O–H groups in total. The third-order valence-electron chi connectivity index (χ3n) is 5.66. The molecule has 0 aliphatic rings. The number of aliphatic hydroxyl groups is 1. The second-order valence-electron chi connectivity index (χ2n) is 8.03. The smallest absolute Gasteiger partial charge is 0.243 e. The zero-order valence-electron chi connectivity index (χ0n) is 18.6. The number of fused-ring (bicyclic) bond motifs is 1. The molecule has 0 bridgehead atoms. The van der Waals surface area contributed by atoms with E-state index in [1.165, 1.54) is 4.31 Å². The van der Waals surface area contributed by atoms with E-state index in [1.807, 2.05) is 43.3 Å². The van der Waals surface area contributed by atoms with E-state index < -0.39 is 10.0 Å². The predicted molar refractivity (Wildman–Crippen MR) is 132 cm³/mol. The van der Waals surface area contributed by atoms with Gasteiger partial charge in [0, 0.05) is 24.3 Å². The van der Waals surface area contributed by atoms with Crippen molar-refractivity contribution in [1.82, 2.24) is 8.87 Å². The van der Waals surface area contributed by atoms with Crippen molar-refractivity contribution < 1.29 is 13.5 Å². The lowest BCUT2D eigenvalue weighted by Crippen LogP contribution is -2.32. The third-order valence-corrected chi connectivity index (χ3v) is 7.48. The molecule has 4 aromatic rings. The Bertz CT molecular complexity index is 1340. The Morgan fingerprint density at radius 1 is 0.909 bits per heavy atom. The summed E-state index contributed by atoms with van der Waals surface area (Å²) in [5.41, 5.74) is 4.12. The second kappa shape index (κ2) is 10.2. The van der Waals surface area contributed by atoms with Crippen LogP contribution in [0.15, 0.2) is 102 Å². The van der Waals surface area contributed by atoms with Crippen molar-refractivity contribution in [3.8, 4) is 0 Å². The van der Waals surface area contributed by atoms with Crippen molar-refractivity contribution in [3.05, 3.63) is 114 Å². The first-order chi connectivity index (χ1) is 16.0. The van der Waals surface area contributed by atoms with Crippen LogP contribution in [0.3, 0.4) is 0 Å². The third kappa shape index (κ3) is 5.25. The highest BCUT2D eigenvalue weighted by Crippen LogP contribution is 2.25. The van der Waals surface area contributed by atoms with Crippen LogP contribution in [-0.4, -0.2) is 35.5 Å². The highest BCUT2D eigenvalue weighted by molar-refractivity contribution is 7.89. The van der Waals surface area contributed by atoms with E-state index >= 15 is 0 Å². The molecule has 0 saturated heterocycles. The van der Waals surface area contributed by atoms with Crippen LogP contribution in [0.25, 0.3) is 10.9 Å². The number of para-hydroxylation sites is 1. The van der Waals surface area contributed by atoms with Gasteiger partial charge < -0.3 is 9.67 Å². The van der Waals surface area contributed by atoms with Crippen LogP contribution in [-0.2, 0) is 23.1 Å². The van der Waals surface area contributed by atoms with Crippen LogP contribution in [0.2, 0.25) is 0 Å². The molecule has 170 valence electrons. The molecule has 1 heterocycles. The summed E-state index contributed by atoms with van der Waals surface area (Å²) in [6.45, 7) is 2.83. The van der Waals surface area contributed by atoms with Gasteiger partial charge >= 0.3 is 0 Å². The van der Waals surface area contributed by atoms with Crippen LogP contribution in [0.5, 0.6) is 0 Å². The Morgan fingerprint density at radius 3 is 2.33 bits per heavy atom. The number of sulfonamides is 1. The average Bonchev–Trinajstić information content (AvgIpc) is 3.16. The number of nitrogens with zero attached hydrogens (tertiary/aromatic N) is 2. The summed E-state index contributed by atoms with van der Waals surface area (Å²) in [5, 5.41) is 10.2. The molecule has 0 unspecified atom stereocenters. The van der Waals surface area contributed by atoms with Crippen LogP contribution < -0.4 is 0 Å². The summed E-state index contributed by atoms with van der Waals surface area (Å²) >= 11 is 0. The molecule has 0 saturated carbocycles. The minimum Gasteiger partial charge on any atom is -0.392 e. The van der Waals surface area contributed by atoms with Crippen molar-refractivity contribution in [2.75, 3.05) is 13.2 Å². The minimum atomic E-state index is -3.74. The number of hydrogen-bond donors (Lipinski definition) is 1. The van der Waals surface area contributed by atoms with E-state index in [2.05, 4.69) is 28.8 Å². The average molecular weight is 461 g/mol. The number of aromatic nitrogens is 1. The van der Waals surface area contributed by atoms with Crippen molar-refractivity contribution in [3.63, 3.8) is 0 Å². The fourth-order valence-electron chi connectivity index (χ4n) is 3.91. The molecule has 6 heteroatoms. The highest BCUT2D eigenvalue weighted by Gasteiger charge is 2.25. The summed E-state index contributed by atoms with van der Waals surface area (Å²) in [6, 6.07) is 27.2. The minimum absolute atomic E-state index is 0.132. The monoisotopic (exact) mass is 460 g/mol. The summed E-state index contributed by atoms with van der Waals surface area (Å²) in [7, 11) is -3.74. The fraction of sp³-hybridized carbons (Fsp3) is 0.185. The summed E-state index contributed by atoms with van der Waals surface area (Å²) in [6.07, 6.45) is 3.26. The van der Waals surface area contributed by atoms with Gasteiger partial charge in [0.2, 0.25) is 10.0 Å². The number of aliphatic hydroxyl groups excluding tert-OH is 1. The summed E-state index contributed by atoms with van der Waals surface area (Å²) < 4.78 is 30.7. The molecule has 0 amide bonds. The van der Waals surface area contributed by atoms with Gasteiger partial charge in [-0.3, -0.25) is 0 Å². The molecule has 0 fully saturated rings. The standard InChI is InChI=1S/C27H28N2O3S/c1-22-13-15-26(16-14-22)33(31,32)28(17-7-8-18-30)21-25-19-24-11-5-6-12-27(24)29(25)20-23-9-3-2-4-10-23/h2-16,19,30H,17-18,20-21H2,1H3/b8-7-. The van der Waals surface area contributed by atoms with E-state index in [9.17, 15) is 8.42 Å². The quantitative estimate of drug-likeness (QED) is 0.367. The van der Waals surface area contributed by atoms with Crippen molar-refractivity contribution in [1.29, 1.82) is 0 Å². The van der Waals surface area contributed by atoms with Gasteiger partial charge in [-0.15, -0.1) is 0 Å². The Hall–Kier alpha value is -3.19. The molecule has 33 heavy (non-hydrogen) atoms. The van der Waals surface area contributed by atoms with E-state index in [1.54, 1.807) is 36.4 Å². The lowest BCUT2D eigenvalue weighted by atomic mass is 10.2. The van der Waals surface area contributed by atoms with Crippen LogP contribution >= 0.6 is 0 Å². The maximum absolute atomic E-state index is 13.5. The number of aryl methyl sites for hydroxylation is 1. The van der Waals surface area contributed by atoms with Crippen molar-refractivity contribution >= 4 is 20.9 Å². The van der Waals surface area contributed by atoms with Crippen LogP contribution in [0, 0.1) is 6.92 Å². The Morgan fingerprint density at radius 2 is 1.61 bits per heavy atom. The van der Waals surface area contributed by atoms with E-state index in [4.69, 9.17) is 5.11 Å². The van der Waals surface area contributed by atoms with Gasteiger partial charge in [-0.25, -0.2) is 8.42 Å². The molecule has 5 nitrogen and oxygen atoms in total. The fourth-order valence-corrected chi connectivity index (χ4v) is 5.27. The number of benzene rings is 3. The lowest BCUT2D eigenvalue weighted by molar-refractivity contribution is 0.341. The predicted octanol–water partition coefficient (Wildman–Crippen LogP) is 4.74. The van der Waals surface area contributed by atoms with Gasteiger partial charge in [-0.1, -0.05) is 78.4 Å². The van der Waals surface area contributed by atoms with Crippen molar-refractivity contribution in [2.24, 2.45) is 0 Å². The molecular weight excluding hydrogens is 432 g/mol. The largest absolute Gasteiger partial charge is 0.392 e. The molecule has 0 aliphatic heterocycles. The lowest BCUT2D eigenvalue weighted by Gasteiger charge is -2.22. The Balaban J connectivity index is 1.75. The first-order valence-corrected chi connectivity index (χ1v) is 12.4. The number of hydrogen-bond acceptors (Lipinski definition) is 3. The molecule has 0 spiro atoms. The van der Waals surface area contributed by atoms with Gasteiger partial charge in [-0.05, 0) is 42.1 Å². The van der Waals surface area contributed by atoms with Crippen LogP contribution in [0.4, 0.5) is 0 Å². The van der Waals surface area contributed by atoms with E-state index in [0.717, 1.165) is 27.7 Å². The first-order valence-electron chi connectivity index (χ1n) is 10.9. The van der Waals surface area contributed by atoms with E-state index in [-0.39, 0.29) is 24.6 Å². The normalized spacial score (nSPS) is 12.2. The zero-order valence-corrected chi connectivity index (χ0v) is 19.4. The molecular formula is C27H28N2O3S. The van der Waals surface area contributed by atoms with Gasteiger partial charge in [0.15, 0.2) is 0 Å². The molecule has 1 aromatic heterocycles. The van der Waals surface area contributed by atoms with Crippen molar-refractivity contribution in [2.45, 2.75) is 24.9 Å². The second-order valence-corrected chi connectivity index (χ2v) is 9.97. The maximum Gasteiger partial charge on any atom is 0.243 e. The zero-order chi connectivity index (χ0) is 23.3. The van der Waals surface area contributed by atoms with Gasteiger partial charge in [0.25, 0.3) is 0 Å². The van der Waals surface area contributed by atoms with Crippen LogP contribution in [0.1, 0.15) is 16.8 Å². The molecule has 0 radical (unpaired) electrons. The maximum atomic E-state index is 13.5. The summed E-state index contributed by atoms with van der Waals surface area (Å²) in [4.78, 5) is 0.260. The van der Waals surface area contributed by atoms with Gasteiger partial charge in [0.1, 0.15) is 0 Å². The first kappa shape index (κ1) is 23.0. The van der Waals surface area contributed by atoms with Gasteiger partial charge in [-0.2, -0.15) is 4.31 Å². The highest BCUT2D eigenvalue weighted by atomic mass is 32.2. The molecule has 0 atom stereocenters. The molecule has 0 aliphatic carbocycles. The van der Waals surface area contributed by atoms with E-state index in [0.29, 0.717) is 6.54 Å². The molecule has 4 rings (SSSR count). The van der Waals surface area contributed by atoms with Gasteiger partial charge in [0.05, 0.1) is 18.0 Å². The molecule has 3 aromatic carbocycles. The summed E-state index contributed by atoms with van der Waals surface area (Å²) in [5.74, 6) is 0. The Labute approximate surface area is 195 Å². The SMILES string of the molecule is Cc1ccc(S(=O)(=O)N(C/C=C\CO)Cc2cc3ccccc3n2Cc2ccccc2)cc1. The Kier molecular flexibility index (Phi) is 7.08. The topological polar surface area (TPSA) is 62.5 Å². The number of rotatable bonds is 9.